The molecule has 1 rings (SSSR count). The van der Waals surface area contributed by atoms with E-state index in [-0.39, 0.29) is 0 Å². The molecule has 1 N–H and O–H groups in total. The molecular formula is C22H32O2. The van der Waals surface area contributed by atoms with Gasteiger partial charge in [0.1, 0.15) is 5.75 Å². The van der Waals surface area contributed by atoms with Crippen molar-refractivity contribution in [2.75, 3.05) is 6.61 Å². The summed E-state index contributed by atoms with van der Waals surface area (Å²) in [6, 6.07) is 7.96. The summed E-state index contributed by atoms with van der Waals surface area (Å²) < 4.78 is 5.61. The summed E-state index contributed by atoms with van der Waals surface area (Å²) >= 11 is 0. The van der Waals surface area contributed by atoms with E-state index in [0.717, 1.165) is 18.6 Å². The summed E-state index contributed by atoms with van der Waals surface area (Å²) in [5.41, 5.74) is 1.22. The smallest absolute Gasteiger partial charge is 0.119 e. The van der Waals surface area contributed by atoms with E-state index in [1.807, 2.05) is 42.5 Å². The highest BCUT2D eigenvalue weighted by Gasteiger charge is 1.99. The van der Waals surface area contributed by atoms with E-state index < -0.39 is 6.10 Å². The van der Waals surface area contributed by atoms with E-state index in [0.29, 0.717) is 13.0 Å². The first-order valence-corrected chi connectivity index (χ1v) is 9.08. The lowest BCUT2D eigenvalue weighted by molar-refractivity contribution is 0.178. The lowest BCUT2D eigenvalue weighted by Crippen LogP contribution is -2.08. The molecule has 0 aliphatic rings. The van der Waals surface area contributed by atoms with Crippen LogP contribution >= 0.6 is 0 Å². The zero-order valence-corrected chi connectivity index (χ0v) is 15.2. The van der Waals surface area contributed by atoms with Crippen molar-refractivity contribution >= 4 is 0 Å². The van der Waals surface area contributed by atoms with Gasteiger partial charge in [-0.1, -0.05) is 61.1 Å². The quantitative estimate of drug-likeness (QED) is 0.300. The van der Waals surface area contributed by atoms with E-state index >= 15 is 0 Å². The second kappa shape index (κ2) is 13.6. The maximum absolute atomic E-state index is 9.89. The molecule has 0 bridgehead atoms. The molecule has 1 aromatic carbocycles. The average Bonchev–Trinajstić information content (AvgIpc) is 2.58. The summed E-state index contributed by atoms with van der Waals surface area (Å²) in [7, 11) is 0. The highest BCUT2D eigenvalue weighted by atomic mass is 16.5. The lowest BCUT2D eigenvalue weighted by Gasteiger charge is -2.08. The van der Waals surface area contributed by atoms with Crippen molar-refractivity contribution in [1.82, 2.24) is 0 Å². The molecule has 2 heteroatoms. The Morgan fingerprint density at radius 3 is 2.42 bits per heavy atom. The van der Waals surface area contributed by atoms with Crippen LogP contribution in [0.3, 0.4) is 0 Å². The summed E-state index contributed by atoms with van der Waals surface area (Å²) in [6.07, 6.45) is 18.4. The second-order valence-corrected chi connectivity index (χ2v) is 5.99. The molecular weight excluding hydrogens is 296 g/mol. The maximum atomic E-state index is 9.89. The Hall–Kier alpha value is -1.80. The number of hydrogen-bond donors (Lipinski definition) is 1. The fourth-order valence-electron chi connectivity index (χ4n) is 2.20. The van der Waals surface area contributed by atoms with Crippen molar-refractivity contribution < 1.29 is 9.84 Å². The third-order valence-electron chi connectivity index (χ3n) is 3.68. The van der Waals surface area contributed by atoms with Crippen LogP contribution in [-0.4, -0.2) is 17.8 Å². The highest BCUT2D eigenvalue weighted by molar-refractivity contribution is 5.26. The molecule has 24 heavy (non-hydrogen) atoms. The number of rotatable bonds is 12. The number of ether oxygens (including phenoxy) is 1. The van der Waals surface area contributed by atoms with Gasteiger partial charge in [-0.15, -0.1) is 0 Å². The molecule has 0 spiro atoms. The number of aliphatic hydroxyl groups is 1. The Balaban J connectivity index is 2.06. The van der Waals surface area contributed by atoms with Gasteiger partial charge in [-0.3, -0.25) is 0 Å². The zero-order chi connectivity index (χ0) is 17.5. The van der Waals surface area contributed by atoms with Gasteiger partial charge in [0.05, 0.1) is 12.7 Å². The Morgan fingerprint density at radius 1 is 1.00 bits per heavy atom. The van der Waals surface area contributed by atoms with E-state index in [1.54, 1.807) is 0 Å². The fourth-order valence-corrected chi connectivity index (χ4v) is 2.20. The van der Waals surface area contributed by atoms with Crippen LogP contribution in [0.25, 0.3) is 0 Å². The average molecular weight is 328 g/mol. The van der Waals surface area contributed by atoms with Crippen LogP contribution in [0.15, 0.2) is 60.7 Å². The van der Waals surface area contributed by atoms with Gasteiger partial charge in [0.25, 0.3) is 0 Å². The molecule has 0 amide bonds. The highest BCUT2D eigenvalue weighted by Crippen LogP contribution is 2.12. The molecule has 0 radical (unpaired) electrons. The SMILES string of the molecule is CC/C=C\CCCC/C=C\C=C\[C@@H](O)CCOc1ccc(C)cc1. The number of hydrogen-bond acceptors (Lipinski definition) is 2. The van der Waals surface area contributed by atoms with E-state index in [1.165, 1.54) is 24.8 Å². The molecule has 0 aliphatic heterocycles. The predicted octanol–water partition coefficient (Wildman–Crippen LogP) is 5.76. The molecule has 0 fully saturated rings. The Labute approximate surface area is 147 Å². The minimum atomic E-state index is -0.459. The van der Waals surface area contributed by atoms with Crippen LogP contribution in [0.4, 0.5) is 0 Å². The summed E-state index contributed by atoms with van der Waals surface area (Å²) in [6.45, 7) is 4.73. The third kappa shape index (κ3) is 10.8. The van der Waals surface area contributed by atoms with Gasteiger partial charge < -0.3 is 9.84 Å². The first-order chi connectivity index (χ1) is 11.7. The number of aryl methyl sites for hydroxylation is 1. The molecule has 0 aromatic heterocycles. The monoisotopic (exact) mass is 328 g/mol. The number of aliphatic hydroxyl groups excluding tert-OH is 1. The van der Waals surface area contributed by atoms with Crippen molar-refractivity contribution in [2.45, 2.75) is 58.5 Å². The van der Waals surface area contributed by atoms with Crippen molar-refractivity contribution in [2.24, 2.45) is 0 Å². The maximum Gasteiger partial charge on any atom is 0.119 e. The fraction of sp³-hybridized carbons (Fsp3) is 0.455. The van der Waals surface area contributed by atoms with Gasteiger partial charge in [0.2, 0.25) is 0 Å². The van der Waals surface area contributed by atoms with Crippen molar-refractivity contribution in [3.63, 3.8) is 0 Å². The van der Waals surface area contributed by atoms with Crippen LogP contribution < -0.4 is 4.74 Å². The van der Waals surface area contributed by atoms with Gasteiger partial charge in [0.15, 0.2) is 0 Å². The van der Waals surface area contributed by atoms with Gasteiger partial charge >= 0.3 is 0 Å². The Morgan fingerprint density at radius 2 is 1.71 bits per heavy atom. The summed E-state index contributed by atoms with van der Waals surface area (Å²) in [5, 5.41) is 9.89. The largest absolute Gasteiger partial charge is 0.493 e. The second-order valence-electron chi connectivity index (χ2n) is 5.99. The summed E-state index contributed by atoms with van der Waals surface area (Å²) in [5.74, 6) is 0.852. The molecule has 1 atom stereocenters. The van der Waals surface area contributed by atoms with Gasteiger partial charge in [0, 0.05) is 6.42 Å². The Bertz CT molecular complexity index is 497. The molecule has 0 heterocycles. The molecule has 0 saturated heterocycles. The topological polar surface area (TPSA) is 29.5 Å². The molecule has 0 aliphatic carbocycles. The molecule has 0 saturated carbocycles. The van der Waals surface area contributed by atoms with Gasteiger partial charge in [-0.25, -0.2) is 0 Å². The summed E-state index contributed by atoms with van der Waals surface area (Å²) in [4.78, 5) is 0. The zero-order valence-electron chi connectivity index (χ0n) is 15.2. The van der Waals surface area contributed by atoms with E-state index in [2.05, 4.69) is 32.1 Å². The van der Waals surface area contributed by atoms with Crippen LogP contribution in [-0.2, 0) is 0 Å². The third-order valence-corrected chi connectivity index (χ3v) is 3.68. The standard InChI is InChI=1S/C22H32O2/c1-3-4-5-6-7-8-9-10-11-12-13-21(23)18-19-24-22-16-14-20(2)15-17-22/h4-5,10-17,21,23H,3,6-9,18-19H2,1-2H3/b5-4-,11-10-,13-12+/t21-/m1/s1. The van der Waals surface area contributed by atoms with Crippen LogP contribution in [0, 0.1) is 6.92 Å². The number of benzene rings is 1. The Kier molecular flexibility index (Phi) is 11.5. The first kappa shape index (κ1) is 20.2. The molecule has 1 aromatic rings. The van der Waals surface area contributed by atoms with Crippen LogP contribution in [0.5, 0.6) is 5.75 Å². The minimum absolute atomic E-state index is 0.459. The molecule has 0 unspecified atom stereocenters. The number of unbranched alkanes of at least 4 members (excludes halogenated alkanes) is 3. The molecule has 2 nitrogen and oxygen atoms in total. The number of allylic oxidation sites excluding steroid dienone is 5. The van der Waals surface area contributed by atoms with Gasteiger partial charge in [-0.05, 0) is 51.2 Å². The van der Waals surface area contributed by atoms with Crippen LogP contribution in [0.1, 0.15) is 51.0 Å². The lowest BCUT2D eigenvalue weighted by atomic mass is 10.1. The normalized spacial score (nSPS) is 13.3. The molecule has 132 valence electrons. The van der Waals surface area contributed by atoms with Crippen LogP contribution in [0.2, 0.25) is 0 Å². The van der Waals surface area contributed by atoms with Crippen molar-refractivity contribution in [1.29, 1.82) is 0 Å². The van der Waals surface area contributed by atoms with E-state index in [4.69, 9.17) is 4.74 Å². The minimum Gasteiger partial charge on any atom is -0.493 e. The van der Waals surface area contributed by atoms with Crippen molar-refractivity contribution in [3.8, 4) is 5.75 Å². The van der Waals surface area contributed by atoms with Crippen molar-refractivity contribution in [3.05, 3.63) is 66.3 Å². The predicted molar refractivity (Wildman–Crippen MR) is 103 cm³/mol. The van der Waals surface area contributed by atoms with E-state index in [9.17, 15) is 5.11 Å². The first-order valence-electron chi connectivity index (χ1n) is 9.08. The van der Waals surface area contributed by atoms with Gasteiger partial charge in [-0.2, -0.15) is 0 Å².